The molecule has 0 radical (unpaired) electrons. The lowest BCUT2D eigenvalue weighted by Gasteiger charge is -2.31. The van der Waals surface area contributed by atoms with Crippen molar-refractivity contribution < 1.29 is 0 Å². The van der Waals surface area contributed by atoms with Crippen LogP contribution in [0.1, 0.15) is 200 Å². The summed E-state index contributed by atoms with van der Waals surface area (Å²) in [6.07, 6.45) is 32.4. The van der Waals surface area contributed by atoms with E-state index in [1.807, 2.05) is 0 Å². The molecule has 123 heavy (non-hydrogen) atoms. The Hall–Kier alpha value is -1.24. The monoisotopic (exact) mass is 1760 g/mol. The number of hydrogen-bond acceptors (Lipinski definition) is 31. The van der Waals surface area contributed by atoms with Crippen LogP contribution in [0, 0.1) is 0 Å². The fourth-order valence-corrected chi connectivity index (χ4v) is 17.4. The standard InChI is InChI=1S/C92H217N31/c1-2-109(65-19-67-118(85-29-89-120(77-21-69-110(49-3-33-93)50-4-34-94)78-22-70-111(51-5-35-95)52-6-36-96)86-30-90-121(79-23-71-112(53-7-37-97)54-8-38-98)80-24-72-113(55-9-39-99)56-10-40-100)66-20-68-119(87-31-91-122(81-25-73-114(57-11-41-101)58-12-42-102)82-26-74-115(59-13-43-103)60-14-44-104)88-32-92-123(83-27-75-116(61-15-45-105)62-16-46-106)84-28-76-117(63-17-47-107)64-18-48-108/h2-108H2,1H3. The molecule has 0 spiro atoms. The Labute approximate surface area is 760 Å². The van der Waals surface area contributed by atoms with Crippen LogP contribution in [0.15, 0.2) is 0 Å². The van der Waals surface area contributed by atoms with Crippen LogP contribution in [-0.2, 0) is 0 Å². The van der Waals surface area contributed by atoms with E-state index in [9.17, 15) is 0 Å². The fraction of sp³-hybridized carbons (Fsp3) is 1.00. The second-order valence-electron chi connectivity index (χ2n) is 35.4. The van der Waals surface area contributed by atoms with Gasteiger partial charge in [-0.2, -0.15) is 0 Å². The van der Waals surface area contributed by atoms with Gasteiger partial charge in [0.25, 0.3) is 0 Å². The number of nitrogens with zero attached hydrogens (tertiary/aromatic N) is 15. The highest BCUT2D eigenvalue weighted by atomic mass is 15.2. The summed E-state index contributed by atoms with van der Waals surface area (Å²) in [6.45, 7) is 62.3. The Bertz CT molecular complexity index is 1600. The van der Waals surface area contributed by atoms with Gasteiger partial charge in [-0.25, -0.2) is 0 Å². The molecule has 0 heterocycles. The quantitative estimate of drug-likeness (QED) is 0.0396. The molecular formula is C92H217N31. The van der Waals surface area contributed by atoms with E-state index in [2.05, 4.69) is 80.4 Å². The van der Waals surface area contributed by atoms with Crippen LogP contribution in [0.5, 0.6) is 0 Å². The molecule has 0 atom stereocenters. The van der Waals surface area contributed by atoms with E-state index >= 15 is 0 Å². The van der Waals surface area contributed by atoms with Gasteiger partial charge in [0.2, 0.25) is 0 Å². The first kappa shape index (κ1) is 122. The summed E-state index contributed by atoms with van der Waals surface area (Å²) in [5, 5.41) is 0. The van der Waals surface area contributed by atoms with Gasteiger partial charge in [-0.05, 0) is 592 Å². The first-order chi connectivity index (χ1) is 60.4. The van der Waals surface area contributed by atoms with Crippen LogP contribution in [0.25, 0.3) is 0 Å². The molecule has 31 nitrogen and oxygen atoms in total. The van der Waals surface area contributed by atoms with Gasteiger partial charge < -0.3 is 165 Å². The van der Waals surface area contributed by atoms with Crippen molar-refractivity contribution >= 4 is 0 Å². The van der Waals surface area contributed by atoms with Gasteiger partial charge in [0, 0.05) is 0 Å². The van der Waals surface area contributed by atoms with Crippen molar-refractivity contribution in [3.63, 3.8) is 0 Å². The molecule has 0 aliphatic heterocycles. The average molecular weight is 1760 g/mol. The van der Waals surface area contributed by atoms with Gasteiger partial charge in [0.1, 0.15) is 0 Å². The van der Waals surface area contributed by atoms with Crippen molar-refractivity contribution in [3.8, 4) is 0 Å². The summed E-state index contributed by atoms with van der Waals surface area (Å²) in [5.41, 5.74) is 97.2. The van der Waals surface area contributed by atoms with E-state index < -0.39 is 0 Å². The highest BCUT2D eigenvalue weighted by Gasteiger charge is 2.20. The molecule has 0 rings (SSSR count). The largest absolute Gasteiger partial charge is 0.330 e. The van der Waals surface area contributed by atoms with Crippen molar-refractivity contribution in [2.45, 2.75) is 200 Å². The summed E-state index contributed by atoms with van der Waals surface area (Å²) in [5.74, 6) is 0. The topological polar surface area (TPSA) is 465 Å². The number of hydrogen-bond donors (Lipinski definition) is 16. The molecule has 0 aliphatic rings. The van der Waals surface area contributed by atoms with Gasteiger partial charge in [0.05, 0.1) is 0 Å². The van der Waals surface area contributed by atoms with E-state index in [0.29, 0.717) is 0 Å². The minimum Gasteiger partial charge on any atom is -0.330 e. The summed E-state index contributed by atoms with van der Waals surface area (Å²) < 4.78 is 0. The zero-order valence-corrected chi connectivity index (χ0v) is 81.3. The number of nitrogens with two attached hydrogens (primary N) is 16. The lowest BCUT2D eigenvalue weighted by Crippen LogP contribution is -2.38. The van der Waals surface area contributed by atoms with Crippen molar-refractivity contribution in [1.82, 2.24) is 73.5 Å². The fourth-order valence-electron chi connectivity index (χ4n) is 17.4. The van der Waals surface area contributed by atoms with Gasteiger partial charge in [-0.15, -0.1) is 0 Å². The van der Waals surface area contributed by atoms with Crippen LogP contribution in [0.2, 0.25) is 0 Å². The highest BCUT2D eigenvalue weighted by Crippen LogP contribution is 2.13. The van der Waals surface area contributed by atoms with E-state index in [0.717, 1.165) is 592 Å². The van der Waals surface area contributed by atoms with Gasteiger partial charge in [0.15, 0.2) is 0 Å². The normalized spacial score (nSPS) is 12.6. The summed E-state index contributed by atoms with van der Waals surface area (Å²) in [4.78, 5) is 40.5. The molecule has 0 saturated heterocycles. The lowest BCUT2D eigenvalue weighted by atomic mass is 10.2. The molecule has 0 aromatic rings. The second kappa shape index (κ2) is 95.4. The Morgan fingerprint density at radius 1 is 0.0894 bits per heavy atom. The molecule has 0 saturated carbocycles. The number of rotatable bonds is 105. The summed E-state index contributed by atoms with van der Waals surface area (Å²) in [7, 11) is 0. The van der Waals surface area contributed by atoms with E-state index in [-0.39, 0.29) is 0 Å². The molecule has 32 N–H and O–H groups in total. The van der Waals surface area contributed by atoms with E-state index in [1.165, 1.54) is 0 Å². The lowest BCUT2D eigenvalue weighted by molar-refractivity contribution is 0.171. The second-order valence-corrected chi connectivity index (χ2v) is 35.4. The molecule has 0 aromatic heterocycles. The predicted molar refractivity (Wildman–Crippen MR) is 536 cm³/mol. The maximum absolute atomic E-state index is 6.08. The van der Waals surface area contributed by atoms with E-state index in [1.54, 1.807) is 0 Å². The summed E-state index contributed by atoms with van der Waals surface area (Å²) in [6, 6.07) is 0. The molecule has 0 amide bonds. The highest BCUT2D eigenvalue weighted by molar-refractivity contribution is 4.77. The summed E-state index contributed by atoms with van der Waals surface area (Å²) >= 11 is 0. The van der Waals surface area contributed by atoms with Crippen molar-refractivity contribution in [2.75, 3.05) is 399 Å². The first-order valence-corrected chi connectivity index (χ1v) is 51.5. The van der Waals surface area contributed by atoms with Crippen LogP contribution in [0.4, 0.5) is 0 Å². The third kappa shape index (κ3) is 77.0. The predicted octanol–water partition coefficient (Wildman–Crippen LogP) is 0.579. The van der Waals surface area contributed by atoms with Crippen LogP contribution in [0.3, 0.4) is 0 Å². The Morgan fingerprint density at radius 3 is 0.203 bits per heavy atom. The van der Waals surface area contributed by atoms with Gasteiger partial charge in [-0.3, -0.25) is 0 Å². The Morgan fingerprint density at radius 2 is 0.146 bits per heavy atom. The maximum atomic E-state index is 6.08. The zero-order chi connectivity index (χ0) is 90.0. The first-order valence-electron chi connectivity index (χ1n) is 51.5. The molecular weight excluding hydrogens is 1540 g/mol. The maximum Gasteiger partial charge on any atom is -0.000653 e. The molecule has 0 aromatic carbocycles. The molecule has 0 bridgehead atoms. The average Bonchev–Trinajstić information content (AvgIpc) is 0.956. The van der Waals surface area contributed by atoms with Gasteiger partial charge >= 0.3 is 0 Å². The minimum absolute atomic E-state index is 0.720. The molecule has 740 valence electrons. The van der Waals surface area contributed by atoms with Crippen molar-refractivity contribution in [3.05, 3.63) is 0 Å². The van der Waals surface area contributed by atoms with Crippen LogP contribution < -0.4 is 91.7 Å². The van der Waals surface area contributed by atoms with Gasteiger partial charge in [-0.1, -0.05) is 6.92 Å². The van der Waals surface area contributed by atoms with Crippen LogP contribution >= 0.6 is 0 Å². The van der Waals surface area contributed by atoms with Crippen molar-refractivity contribution in [1.29, 1.82) is 0 Å². The molecule has 0 unspecified atom stereocenters. The third-order valence-corrected chi connectivity index (χ3v) is 24.6. The Balaban J connectivity index is 7.54. The van der Waals surface area contributed by atoms with Crippen molar-refractivity contribution in [2.24, 2.45) is 91.7 Å². The third-order valence-electron chi connectivity index (χ3n) is 24.6. The molecule has 31 heteroatoms. The SMILES string of the molecule is CCN(CCCN(CCCN(CCCN(CCCN)CCCN)CCCN(CCCN)CCCN)CCCN(CCCN(CCCN)CCCN)CCCN(CCCN)CCCN)CCCN(CCCN(CCCN(CCCN)CCCN)CCCN(CCCN)CCCN)CCCN(CCCN(CCCN)CCCN)CCCN(CCCN)CCCN. The van der Waals surface area contributed by atoms with Crippen LogP contribution in [-0.4, -0.2) is 473 Å². The smallest absolute Gasteiger partial charge is 0.000653 e. The van der Waals surface area contributed by atoms with E-state index in [4.69, 9.17) is 91.7 Å². The zero-order valence-electron chi connectivity index (χ0n) is 81.3. The molecule has 0 aliphatic carbocycles. The molecule has 0 fully saturated rings. The Kier molecular flexibility index (Phi) is 94.4. The minimum atomic E-state index is 0.720.